The summed E-state index contributed by atoms with van der Waals surface area (Å²) >= 11 is 0. The van der Waals surface area contributed by atoms with Crippen LogP contribution in [0.1, 0.15) is 32.3 Å². The summed E-state index contributed by atoms with van der Waals surface area (Å²) < 4.78 is 27.5. The van der Waals surface area contributed by atoms with E-state index < -0.39 is 16.1 Å². The zero-order valence-electron chi connectivity index (χ0n) is 15.9. The van der Waals surface area contributed by atoms with Crippen molar-refractivity contribution < 1.29 is 13.2 Å². The van der Waals surface area contributed by atoms with E-state index >= 15 is 0 Å². The van der Waals surface area contributed by atoms with Crippen LogP contribution in [0, 0.1) is 5.92 Å². The summed E-state index contributed by atoms with van der Waals surface area (Å²) in [5, 5.41) is 2.86. The lowest BCUT2D eigenvalue weighted by Crippen LogP contribution is -2.49. The van der Waals surface area contributed by atoms with Gasteiger partial charge >= 0.3 is 0 Å². The van der Waals surface area contributed by atoms with Crippen LogP contribution >= 0.6 is 0 Å². The van der Waals surface area contributed by atoms with Crippen molar-refractivity contribution in [3.63, 3.8) is 0 Å². The van der Waals surface area contributed by atoms with Crippen molar-refractivity contribution in [1.82, 2.24) is 10.0 Å². The van der Waals surface area contributed by atoms with E-state index in [9.17, 15) is 13.2 Å². The Morgan fingerprint density at radius 2 is 1.52 bits per heavy atom. The number of benzene rings is 2. The Bertz CT molecular complexity index is 806. The molecule has 0 saturated carbocycles. The number of hydrogen-bond donors (Lipinski definition) is 2. The minimum Gasteiger partial charge on any atom is -0.355 e. The van der Waals surface area contributed by atoms with E-state index in [1.54, 1.807) is 18.2 Å². The lowest BCUT2D eigenvalue weighted by atomic mass is 10.0. The van der Waals surface area contributed by atoms with Gasteiger partial charge in [0.1, 0.15) is 6.04 Å². The topological polar surface area (TPSA) is 75.3 Å². The van der Waals surface area contributed by atoms with Gasteiger partial charge in [-0.05, 0) is 42.9 Å². The van der Waals surface area contributed by atoms with Gasteiger partial charge in [0.05, 0.1) is 4.90 Å². The van der Waals surface area contributed by atoms with E-state index in [2.05, 4.69) is 22.2 Å². The average molecular weight is 389 g/mol. The van der Waals surface area contributed by atoms with Gasteiger partial charge in [-0.3, -0.25) is 4.79 Å². The Balaban J connectivity index is 1.84. The van der Waals surface area contributed by atoms with Gasteiger partial charge in [0.15, 0.2) is 0 Å². The molecule has 0 bridgehead atoms. The third kappa shape index (κ3) is 6.81. The number of aryl methyl sites for hydroxylation is 1. The second-order valence-electron chi connectivity index (χ2n) is 6.89. The molecule has 2 aromatic carbocycles. The van der Waals surface area contributed by atoms with Crippen molar-refractivity contribution in [3.8, 4) is 0 Å². The van der Waals surface area contributed by atoms with E-state index in [0.717, 1.165) is 19.3 Å². The van der Waals surface area contributed by atoms with Crippen molar-refractivity contribution in [2.75, 3.05) is 6.54 Å². The summed E-state index contributed by atoms with van der Waals surface area (Å²) in [4.78, 5) is 12.6. The molecule has 0 fully saturated rings. The lowest BCUT2D eigenvalue weighted by Gasteiger charge is -2.21. The highest BCUT2D eigenvalue weighted by molar-refractivity contribution is 7.89. The molecule has 2 N–H and O–H groups in total. The predicted molar refractivity (Wildman–Crippen MR) is 108 cm³/mol. The molecule has 0 heterocycles. The maximum atomic E-state index is 12.5. The first-order valence-corrected chi connectivity index (χ1v) is 10.8. The predicted octanol–water partition coefficient (Wildman–Crippen LogP) is 3.13. The molecule has 0 spiro atoms. The maximum absolute atomic E-state index is 12.5. The van der Waals surface area contributed by atoms with Crippen molar-refractivity contribution in [1.29, 1.82) is 0 Å². The molecule has 6 heteroatoms. The fourth-order valence-electron chi connectivity index (χ4n) is 2.75. The molecule has 0 unspecified atom stereocenters. The average Bonchev–Trinajstić information content (AvgIpc) is 2.67. The number of amides is 1. The zero-order valence-corrected chi connectivity index (χ0v) is 16.7. The first-order valence-electron chi connectivity index (χ1n) is 9.29. The molecule has 0 radical (unpaired) electrons. The molecule has 0 aliphatic rings. The fourth-order valence-corrected chi connectivity index (χ4v) is 4.11. The summed E-state index contributed by atoms with van der Waals surface area (Å²) in [5.41, 5.74) is 1.28. The largest absolute Gasteiger partial charge is 0.355 e. The van der Waals surface area contributed by atoms with Crippen LogP contribution in [0.25, 0.3) is 0 Å². The maximum Gasteiger partial charge on any atom is 0.241 e. The molecule has 0 aliphatic carbocycles. The van der Waals surface area contributed by atoms with Gasteiger partial charge in [0.25, 0.3) is 0 Å². The minimum atomic E-state index is -3.73. The number of carbonyl (C=O) groups excluding carboxylic acids is 1. The Morgan fingerprint density at radius 3 is 2.11 bits per heavy atom. The quantitative estimate of drug-likeness (QED) is 0.614. The Kier molecular flexibility index (Phi) is 8.00. The number of hydrogen-bond acceptors (Lipinski definition) is 3. The van der Waals surface area contributed by atoms with Crippen LogP contribution in [0.4, 0.5) is 0 Å². The van der Waals surface area contributed by atoms with Crippen LogP contribution in [0.3, 0.4) is 0 Å². The lowest BCUT2D eigenvalue weighted by molar-refractivity contribution is -0.123. The van der Waals surface area contributed by atoms with Gasteiger partial charge in [-0.15, -0.1) is 0 Å². The van der Waals surface area contributed by atoms with Crippen molar-refractivity contribution in [2.24, 2.45) is 5.92 Å². The van der Waals surface area contributed by atoms with Crippen molar-refractivity contribution in [3.05, 3.63) is 66.2 Å². The standard InChI is InChI=1S/C21H28N2O3S/c1-17(2)20(23-27(25,26)19-14-7-4-8-15-19)21(24)22-16-10-9-13-18-11-5-3-6-12-18/h3-8,11-12,14-15,17,20,23H,9-10,13,16H2,1-2H3,(H,22,24)/t20-/m0/s1. The highest BCUT2D eigenvalue weighted by atomic mass is 32.2. The minimum absolute atomic E-state index is 0.159. The third-order valence-electron chi connectivity index (χ3n) is 4.32. The van der Waals surface area contributed by atoms with E-state index in [1.165, 1.54) is 17.7 Å². The molecule has 5 nitrogen and oxygen atoms in total. The number of nitrogens with one attached hydrogen (secondary N) is 2. The van der Waals surface area contributed by atoms with Crippen LogP contribution in [-0.4, -0.2) is 26.9 Å². The van der Waals surface area contributed by atoms with Gasteiger partial charge in [-0.25, -0.2) is 8.42 Å². The molecule has 0 aliphatic heterocycles. The molecule has 0 saturated heterocycles. The second-order valence-corrected chi connectivity index (χ2v) is 8.60. The van der Waals surface area contributed by atoms with E-state index in [0.29, 0.717) is 6.54 Å². The van der Waals surface area contributed by atoms with Crippen LogP contribution in [-0.2, 0) is 21.2 Å². The van der Waals surface area contributed by atoms with Crippen LogP contribution in [0.15, 0.2) is 65.6 Å². The van der Waals surface area contributed by atoms with Gasteiger partial charge in [0.2, 0.25) is 15.9 Å². The summed E-state index contributed by atoms with van der Waals surface area (Å²) in [5.74, 6) is -0.447. The van der Waals surface area contributed by atoms with Gasteiger partial charge in [-0.1, -0.05) is 62.4 Å². The second kappa shape index (κ2) is 10.2. The number of carbonyl (C=O) groups is 1. The van der Waals surface area contributed by atoms with E-state index in [-0.39, 0.29) is 16.7 Å². The SMILES string of the molecule is CC(C)[C@H](NS(=O)(=O)c1ccccc1)C(=O)NCCCCc1ccccc1. The fraction of sp³-hybridized carbons (Fsp3) is 0.381. The molecular weight excluding hydrogens is 360 g/mol. The normalized spacial score (nSPS) is 12.7. The Morgan fingerprint density at radius 1 is 0.926 bits per heavy atom. The van der Waals surface area contributed by atoms with Crippen LogP contribution in [0.5, 0.6) is 0 Å². The monoisotopic (exact) mass is 388 g/mol. The van der Waals surface area contributed by atoms with Crippen molar-refractivity contribution >= 4 is 15.9 Å². The molecule has 2 aromatic rings. The zero-order chi connectivity index (χ0) is 19.7. The first kappa shape index (κ1) is 21.1. The Labute approximate surface area is 162 Å². The van der Waals surface area contributed by atoms with E-state index in [1.807, 2.05) is 32.0 Å². The molecule has 146 valence electrons. The van der Waals surface area contributed by atoms with E-state index in [4.69, 9.17) is 0 Å². The number of unbranched alkanes of at least 4 members (excludes halogenated alkanes) is 1. The summed E-state index contributed by atoms with van der Waals surface area (Å²) in [6.45, 7) is 4.18. The molecular formula is C21H28N2O3S. The van der Waals surface area contributed by atoms with Gasteiger partial charge in [0, 0.05) is 6.54 Å². The van der Waals surface area contributed by atoms with Gasteiger partial charge < -0.3 is 5.32 Å². The van der Waals surface area contributed by atoms with Crippen molar-refractivity contribution in [2.45, 2.75) is 44.0 Å². The highest BCUT2D eigenvalue weighted by Crippen LogP contribution is 2.11. The molecule has 1 amide bonds. The Hall–Kier alpha value is -2.18. The van der Waals surface area contributed by atoms with Crippen LogP contribution in [0.2, 0.25) is 0 Å². The van der Waals surface area contributed by atoms with Gasteiger partial charge in [-0.2, -0.15) is 4.72 Å². The molecule has 27 heavy (non-hydrogen) atoms. The number of rotatable bonds is 10. The molecule has 2 rings (SSSR count). The molecule has 0 aromatic heterocycles. The molecule has 1 atom stereocenters. The summed E-state index contributed by atoms with van der Waals surface area (Å²) in [7, 11) is -3.73. The smallest absolute Gasteiger partial charge is 0.241 e. The highest BCUT2D eigenvalue weighted by Gasteiger charge is 2.27. The third-order valence-corrected chi connectivity index (χ3v) is 5.78. The first-order chi connectivity index (χ1) is 12.9. The summed E-state index contributed by atoms with van der Waals surface area (Å²) in [6, 6.07) is 17.5. The summed E-state index contributed by atoms with van der Waals surface area (Å²) in [6.07, 6.45) is 2.77. The van der Waals surface area contributed by atoms with Crippen LogP contribution < -0.4 is 10.0 Å². The number of sulfonamides is 1.